The van der Waals surface area contributed by atoms with Crippen LogP contribution in [0.15, 0.2) is 42.7 Å². The summed E-state index contributed by atoms with van der Waals surface area (Å²) in [6.45, 7) is 16.3. The Labute approximate surface area is 254 Å². The number of halogens is 1. The Hall–Kier alpha value is -3.72. The first kappa shape index (κ1) is 32.2. The number of aryl methyl sites for hydroxylation is 2. The van der Waals surface area contributed by atoms with Crippen molar-refractivity contribution < 1.29 is 23.8 Å². The number of aromatic nitrogens is 2. The number of carbonyl (C=O) groups is 1. The van der Waals surface area contributed by atoms with E-state index in [2.05, 4.69) is 23.7 Å². The van der Waals surface area contributed by atoms with Crippen molar-refractivity contribution in [3.05, 3.63) is 65.4 Å². The molecule has 1 saturated heterocycles. The predicted octanol–water partition coefficient (Wildman–Crippen LogP) is 6.98. The van der Waals surface area contributed by atoms with Crippen molar-refractivity contribution in [1.82, 2.24) is 9.97 Å². The van der Waals surface area contributed by atoms with Gasteiger partial charge in [0.05, 0.1) is 17.8 Å². The second-order valence-electron chi connectivity index (χ2n) is 13.2. The van der Waals surface area contributed by atoms with Crippen molar-refractivity contribution in [2.45, 2.75) is 73.0 Å². The molecule has 2 aromatic heterocycles. The Morgan fingerprint density at radius 3 is 2.40 bits per heavy atom. The predicted molar refractivity (Wildman–Crippen MR) is 169 cm³/mol. The fraction of sp³-hybridized carbons (Fsp3) is 0.500. The SMILES string of the molecule is Cc1cc(OCCN(C)c2ccc(-c3cnc(C)c([C@H](OC(C)(C)C)C(=O)O)c3N3CCC(C)(C)CC3)cn2)ccc1F. The number of rotatable bonds is 10. The maximum Gasteiger partial charge on any atom is 0.337 e. The lowest BCUT2D eigenvalue weighted by Gasteiger charge is -2.41. The summed E-state index contributed by atoms with van der Waals surface area (Å²) in [6.07, 6.45) is 4.45. The average molecular weight is 593 g/mol. The van der Waals surface area contributed by atoms with Crippen LogP contribution in [0.1, 0.15) is 70.4 Å². The molecule has 1 aliphatic rings. The highest BCUT2D eigenvalue weighted by molar-refractivity contribution is 5.86. The van der Waals surface area contributed by atoms with Crippen LogP contribution in [-0.2, 0) is 9.53 Å². The molecule has 43 heavy (non-hydrogen) atoms. The molecule has 8 nitrogen and oxygen atoms in total. The van der Waals surface area contributed by atoms with Crippen molar-refractivity contribution in [2.75, 3.05) is 43.1 Å². The number of pyridine rings is 2. The summed E-state index contributed by atoms with van der Waals surface area (Å²) in [6, 6.07) is 8.67. The van der Waals surface area contributed by atoms with Gasteiger partial charge in [0.1, 0.15) is 24.0 Å². The van der Waals surface area contributed by atoms with Gasteiger partial charge in [-0.05, 0) is 88.8 Å². The molecule has 3 aromatic rings. The minimum absolute atomic E-state index is 0.222. The maximum atomic E-state index is 13.6. The molecular weight excluding hydrogens is 547 g/mol. The van der Waals surface area contributed by atoms with Crippen molar-refractivity contribution in [1.29, 1.82) is 0 Å². The maximum absolute atomic E-state index is 13.6. The van der Waals surface area contributed by atoms with Crippen molar-refractivity contribution in [3.63, 3.8) is 0 Å². The standard InChI is InChI=1S/C34H45FN4O4/c1-22-19-25(10-11-27(22)35)42-18-17-38(8)28-12-9-24(20-37-28)26-21-36-23(2)29(31(32(40)41)43-33(3,4)5)30(26)39-15-13-34(6,7)14-16-39/h9-12,19-21,31H,13-18H2,1-8H3,(H,40,41)/t31-/m0/s1. The first-order valence-electron chi connectivity index (χ1n) is 14.9. The van der Waals surface area contributed by atoms with Crippen LogP contribution in [0, 0.1) is 25.1 Å². The van der Waals surface area contributed by atoms with Crippen molar-refractivity contribution in [3.8, 4) is 16.9 Å². The monoisotopic (exact) mass is 592 g/mol. The largest absolute Gasteiger partial charge is 0.492 e. The summed E-state index contributed by atoms with van der Waals surface area (Å²) in [5.74, 6) is 0.103. The zero-order chi connectivity index (χ0) is 31.5. The Morgan fingerprint density at radius 2 is 1.81 bits per heavy atom. The van der Waals surface area contributed by atoms with E-state index in [1.807, 2.05) is 64.2 Å². The number of anilines is 2. The summed E-state index contributed by atoms with van der Waals surface area (Å²) in [7, 11) is 1.94. The highest BCUT2D eigenvalue weighted by Gasteiger charge is 2.35. The third-order valence-electron chi connectivity index (χ3n) is 7.95. The summed E-state index contributed by atoms with van der Waals surface area (Å²) >= 11 is 0. The van der Waals surface area contributed by atoms with E-state index in [1.54, 1.807) is 19.1 Å². The quantitative estimate of drug-likeness (QED) is 0.270. The van der Waals surface area contributed by atoms with Gasteiger partial charge in [0.25, 0.3) is 0 Å². The van der Waals surface area contributed by atoms with Gasteiger partial charge in [0, 0.05) is 54.9 Å². The zero-order valence-corrected chi connectivity index (χ0v) is 26.7. The van der Waals surface area contributed by atoms with Crippen LogP contribution in [0.25, 0.3) is 11.1 Å². The van der Waals surface area contributed by atoms with E-state index >= 15 is 0 Å². The van der Waals surface area contributed by atoms with Crippen LogP contribution in [-0.4, -0.2) is 59.9 Å². The van der Waals surface area contributed by atoms with Crippen LogP contribution < -0.4 is 14.5 Å². The topological polar surface area (TPSA) is 88.0 Å². The van der Waals surface area contributed by atoms with Gasteiger partial charge in [0.2, 0.25) is 0 Å². The van der Waals surface area contributed by atoms with Gasteiger partial charge in [-0.15, -0.1) is 0 Å². The lowest BCUT2D eigenvalue weighted by Crippen LogP contribution is -2.39. The number of ether oxygens (including phenoxy) is 2. The van der Waals surface area contributed by atoms with E-state index in [0.717, 1.165) is 48.6 Å². The fourth-order valence-corrected chi connectivity index (χ4v) is 5.29. The number of benzene rings is 1. The molecule has 0 spiro atoms. The molecule has 1 atom stereocenters. The minimum atomic E-state index is -1.17. The highest BCUT2D eigenvalue weighted by Crippen LogP contribution is 2.43. The number of piperidine rings is 1. The van der Waals surface area contributed by atoms with Gasteiger partial charge < -0.3 is 24.4 Å². The Kier molecular flexibility index (Phi) is 9.64. The van der Waals surface area contributed by atoms with Gasteiger partial charge in [0.15, 0.2) is 6.10 Å². The molecule has 1 fully saturated rings. The Bertz CT molecular complexity index is 1430. The molecule has 1 N–H and O–H groups in total. The fourth-order valence-electron chi connectivity index (χ4n) is 5.29. The lowest BCUT2D eigenvalue weighted by molar-refractivity contribution is -0.160. The summed E-state index contributed by atoms with van der Waals surface area (Å²) in [4.78, 5) is 26.3. The summed E-state index contributed by atoms with van der Waals surface area (Å²) < 4.78 is 25.5. The number of hydrogen-bond donors (Lipinski definition) is 1. The second kappa shape index (κ2) is 12.9. The van der Waals surface area contributed by atoms with Gasteiger partial charge in [-0.2, -0.15) is 0 Å². The van der Waals surface area contributed by atoms with Crippen LogP contribution in [0.4, 0.5) is 15.9 Å². The highest BCUT2D eigenvalue weighted by atomic mass is 19.1. The van der Waals surface area contributed by atoms with E-state index in [9.17, 15) is 14.3 Å². The van der Waals surface area contributed by atoms with Crippen LogP contribution in [0.5, 0.6) is 5.75 Å². The van der Waals surface area contributed by atoms with E-state index in [4.69, 9.17) is 14.5 Å². The number of likely N-dealkylation sites (N-methyl/N-ethyl adjacent to an activating group) is 1. The number of aliphatic carboxylic acids is 1. The first-order valence-corrected chi connectivity index (χ1v) is 14.9. The molecule has 1 aliphatic heterocycles. The van der Waals surface area contributed by atoms with Gasteiger partial charge in [-0.1, -0.05) is 13.8 Å². The molecular formula is C34H45FN4O4. The van der Waals surface area contributed by atoms with Crippen LogP contribution in [0.2, 0.25) is 0 Å². The van der Waals surface area contributed by atoms with E-state index in [-0.39, 0.29) is 11.2 Å². The number of hydrogen-bond acceptors (Lipinski definition) is 7. The van der Waals surface area contributed by atoms with E-state index < -0.39 is 17.7 Å². The van der Waals surface area contributed by atoms with E-state index in [1.165, 1.54) is 6.07 Å². The molecule has 0 saturated carbocycles. The summed E-state index contributed by atoms with van der Waals surface area (Å²) in [5.41, 5.74) is 3.87. The average Bonchev–Trinajstić information content (AvgIpc) is 2.93. The van der Waals surface area contributed by atoms with Crippen LogP contribution >= 0.6 is 0 Å². The van der Waals surface area contributed by atoms with E-state index in [0.29, 0.717) is 35.7 Å². The molecule has 1 aromatic carbocycles. The molecule has 0 unspecified atom stereocenters. The van der Waals surface area contributed by atoms with Gasteiger partial charge in [-0.3, -0.25) is 4.98 Å². The lowest BCUT2D eigenvalue weighted by atomic mass is 9.82. The second-order valence-corrected chi connectivity index (χ2v) is 13.2. The number of carboxylic acid groups (broad SMARTS) is 1. The number of carboxylic acids is 1. The normalized spacial score (nSPS) is 15.7. The first-order chi connectivity index (χ1) is 20.1. The molecule has 9 heteroatoms. The zero-order valence-electron chi connectivity index (χ0n) is 26.7. The molecule has 0 bridgehead atoms. The molecule has 0 amide bonds. The Morgan fingerprint density at radius 1 is 1.12 bits per heavy atom. The van der Waals surface area contributed by atoms with Gasteiger partial charge >= 0.3 is 5.97 Å². The summed E-state index contributed by atoms with van der Waals surface area (Å²) in [5, 5.41) is 10.3. The van der Waals surface area contributed by atoms with Crippen molar-refractivity contribution in [2.24, 2.45) is 5.41 Å². The molecule has 4 rings (SSSR count). The minimum Gasteiger partial charge on any atom is -0.492 e. The molecule has 3 heterocycles. The molecule has 0 aliphatic carbocycles. The third-order valence-corrected chi connectivity index (χ3v) is 7.95. The smallest absolute Gasteiger partial charge is 0.337 e. The third kappa shape index (κ3) is 8.02. The van der Waals surface area contributed by atoms with Crippen molar-refractivity contribution >= 4 is 17.5 Å². The number of nitrogens with zero attached hydrogens (tertiary/aromatic N) is 4. The van der Waals surface area contributed by atoms with Crippen LogP contribution in [0.3, 0.4) is 0 Å². The Balaban J connectivity index is 1.63. The molecule has 232 valence electrons. The van der Waals surface area contributed by atoms with Gasteiger partial charge in [-0.25, -0.2) is 14.2 Å². The molecule has 0 radical (unpaired) electrons.